The van der Waals surface area contributed by atoms with E-state index in [1.165, 1.54) is 11.1 Å². The maximum Gasteiger partial charge on any atom is 0.0801 e. The standard InChI is InChI=1S/C12H17NO/c1-9-10-6-4-5-7-11(10)12(8-14-9)13(2)3/h4-7,9,12H,8H2,1-3H3/t9-,12-/m0/s1. The lowest BCUT2D eigenvalue weighted by Crippen LogP contribution is -2.30. The third-order valence-electron chi connectivity index (χ3n) is 2.92. The van der Waals surface area contributed by atoms with E-state index in [9.17, 15) is 0 Å². The normalized spacial score (nSPS) is 26.3. The molecule has 2 rings (SSSR count). The summed E-state index contributed by atoms with van der Waals surface area (Å²) in [6, 6.07) is 8.96. The van der Waals surface area contributed by atoms with Gasteiger partial charge in [-0.2, -0.15) is 0 Å². The summed E-state index contributed by atoms with van der Waals surface area (Å²) < 4.78 is 5.74. The Morgan fingerprint density at radius 3 is 2.50 bits per heavy atom. The molecule has 0 N–H and O–H groups in total. The minimum absolute atomic E-state index is 0.238. The van der Waals surface area contributed by atoms with Gasteiger partial charge in [0.15, 0.2) is 0 Å². The number of rotatable bonds is 1. The summed E-state index contributed by atoms with van der Waals surface area (Å²) >= 11 is 0. The Hall–Kier alpha value is -0.860. The summed E-state index contributed by atoms with van der Waals surface area (Å²) in [7, 11) is 4.20. The Morgan fingerprint density at radius 1 is 1.21 bits per heavy atom. The fraction of sp³-hybridized carbons (Fsp3) is 0.500. The van der Waals surface area contributed by atoms with E-state index < -0.39 is 0 Å². The van der Waals surface area contributed by atoms with Crippen molar-refractivity contribution in [3.05, 3.63) is 35.4 Å². The van der Waals surface area contributed by atoms with Gasteiger partial charge in [-0.15, -0.1) is 0 Å². The number of likely N-dealkylation sites (N-methyl/N-ethyl adjacent to an activating group) is 1. The first kappa shape index (κ1) is 9.69. The smallest absolute Gasteiger partial charge is 0.0801 e. The van der Waals surface area contributed by atoms with Crippen LogP contribution >= 0.6 is 0 Å². The van der Waals surface area contributed by atoms with Crippen molar-refractivity contribution >= 4 is 0 Å². The van der Waals surface area contributed by atoms with Gasteiger partial charge < -0.3 is 9.64 Å². The molecular formula is C12H17NO. The molecule has 14 heavy (non-hydrogen) atoms. The predicted molar refractivity (Wildman–Crippen MR) is 57.2 cm³/mol. The van der Waals surface area contributed by atoms with Crippen LogP contribution in [0.3, 0.4) is 0 Å². The molecule has 2 nitrogen and oxygen atoms in total. The van der Waals surface area contributed by atoms with Crippen LogP contribution in [0.1, 0.15) is 30.2 Å². The van der Waals surface area contributed by atoms with E-state index in [0.717, 1.165) is 6.61 Å². The van der Waals surface area contributed by atoms with Crippen LogP contribution in [0.5, 0.6) is 0 Å². The van der Waals surface area contributed by atoms with E-state index in [4.69, 9.17) is 4.74 Å². The van der Waals surface area contributed by atoms with Gasteiger partial charge in [-0.1, -0.05) is 24.3 Å². The Balaban J connectivity index is 2.41. The maximum absolute atomic E-state index is 5.74. The van der Waals surface area contributed by atoms with Gasteiger partial charge >= 0.3 is 0 Å². The van der Waals surface area contributed by atoms with Gasteiger partial charge in [0.2, 0.25) is 0 Å². The van der Waals surface area contributed by atoms with E-state index in [1.807, 2.05) is 0 Å². The molecule has 0 saturated heterocycles. The van der Waals surface area contributed by atoms with Gasteiger partial charge in [-0.3, -0.25) is 0 Å². The topological polar surface area (TPSA) is 12.5 Å². The van der Waals surface area contributed by atoms with Crippen LogP contribution in [0.25, 0.3) is 0 Å². The molecule has 2 atom stereocenters. The lowest BCUT2D eigenvalue weighted by molar-refractivity contribution is 0.00948. The number of hydrogen-bond acceptors (Lipinski definition) is 2. The zero-order valence-corrected chi connectivity index (χ0v) is 9.03. The Bertz CT molecular complexity index is 322. The molecule has 0 radical (unpaired) electrons. The van der Waals surface area contributed by atoms with Crippen LogP contribution in [0.15, 0.2) is 24.3 Å². The van der Waals surface area contributed by atoms with Gasteiger partial charge in [-0.05, 0) is 32.1 Å². The lowest BCUT2D eigenvalue weighted by atomic mass is 9.94. The second kappa shape index (κ2) is 3.71. The van der Waals surface area contributed by atoms with Crippen LogP contribution in [0, 0.1) is 0 Å². The molecule has 0 spiro atoms. The van der Waals surface area contributed by atoms with Crippen molar-refractivity contribution in [1.82, 2.24) is 4.90 Å². The Morgan fingerprint density at radius 2 is 1.86 bits per heavy atom. The van der Waals surface area contributed by atoms with Gasteiger partial charge in [0, 0.05) is 0 Å². The summed E-state index contributed by atoms with van der Waals surface area (Å²) in [5.41, 5.74) is 2.74. The van der Waals surface area contributed by atoms with Crippen molar-refractivity contribution in [2.45, 2.75) is 19.1 Å². The number of ether oxygens (including phenoxy) is 1. The molecule has 0 aliphatic carbocycles. The first-order valence-corrected chi connectivity index (χ1v) is 5.07. The van der Waals surface area contributed by atoms with Crippen molar-refractivity contribution in [2.24, 2.45) is 0 Å². The van der Waals surface area contributed by atoms with Gasteiger partial charge in [0.25, 0.3) is 0 Å². The first-order valence-electron chi connectivity index (χ1n) is 5.07. The highest BCUT2D eigenvalue weighted by Crippen LogP contribution is 2.33. The summed E-state index contributed by atoms with van der Waals surface area (Å²) in [5.74, 6) is 0. The minimum Gasteiger partial charge on any atom is -0.372 e. The molecular weight excluding hydrogens is 174 g/mol. The highest BCUT2D eigenvalue weighted by atomic mass is 16.5. The molecule has 0 saturated carbocycles. The van der Waals surface area contributed by atoms with Crippen molar-refractivity contribution < 1.29 is 4.74 Å². The van der Waals surface area contributed by atoms with Crippen LogP contribution in [0.2, 0.25) is 0 Å². The molecule has 1 heterocycles. The molecule has 1 aliphatic rings. The fourth-order valence-electron chi connectivity index (χ4n) is 2.03. The molecule has 0 amide bonds. The summed E-state index contributed by atoms with van der Waals surface area (Å²) in [4.78, 5) is 2.21. The van der Waals surface area contributed by atoms with E-state index in [2.05, 4.69) is 50.2 Å². The maximum atomic E-state index is 5.74. The number of fused-ring (bicyclic) bond motifs is 1. The summed E-state index contributed by atoms with van der Waals surface area (Å²) in [6.07, 6.45) is 0.238. The van der Waals surface area contributed by atoms with Crippen molar-refractivity contribution in [1.29, 1.82) is 0 Å². The largest absolute Gasteiger partial charge is 0.372 e. The van der Waals surface area contributed by atoms with Crippen LogP contribution in [-0.2, 0) is 4.74 Å². The molecule has 0 unspecified atom stereocenters. The Kier molecular flexibility index (Phi) is 2.57. The second-order valence-electron chi connectivity index (χ2n) is 4.08. The molecule has 0 aromatic heterocycles. The molecule has 0 bridgehead atoms. The molecule has 76 valence electrons. The van der Waals surface area contributed by atoms with Crippen LogP contribution in [-0.4, -0.2) is 25.6 Å². The predicted octanol–water partition coefficient (Wildman–Crippen LogP) is 2.38. The zero-order valence-electron chi connectivity index (χ0n) is 9.03. The third kappa shape index (κ3) is 1.56. The van der Waals surface area contributed by atoms with E-state index in [1.54, 1.807) is 0 Å². The Labute approximate surface area is 85.5 Å². The molecule has 1 aromatic carbocycles. The third-order valence-corrected chi connectivity index (χ3v) is 2.92. The quantitative estimate of drug-likeness (QED) is 0.675. The highest BCUT2D eigenvalue weighted by Gasteiger charge is 2.25. The zero-order chi connectivity index (χ0) is 10.1. The molecule has 1 aliphatic heterocycles. The number of benzene rings is 1. The van der Waals surface area contributed by atoms with Crippen molar-refractivity contribution in [2.75, 3.05) is 20.7 Å². The highest BCUT2D eigenvalue weighted by molar-refractivity contribution is 5.33. The average molecular weight is 191 g/mol. The van der Waals surface area contributed by atoms with Gasteiger partial charge in [0.05, 0.1) is 18.8 Å². The molecule has 2 heteroatoms. The summed E-state index contributed by atoms with van der Waals surface area (Å²) in [5, 5.41) is 0. The first-order chi connectivity index (χ1) is 6.70. The fourth-order valence-corrected chi connectivity index (χ4v) is 2.03. The van der Waals surface area contributed by atoms with Gasteiger partial charge in [-0.25, -0.2) is 0 Å². The van der Waals surface area contributed by atoms with E-state index in [-0.39, 0.29) is 6.10 Å². The molecule has 0 fully saturated rings. The second-order valence-corrected chi connectivity index (χ2v) is 4.08. The lowest BCUT2D eigenvalue weighted by Gasteiger charge is -2.33. The van der Waals surface area contributed by atoms with E-state index >= 15 is 0 Å². The van der Waals surface area contributed by atoms with Gasteiger partial charge in [0.1, 0.15) is 0 Å². The number of hydrogen-bond donors (Lipinski definition) is 0. The minimum atomic E-state index is 0.238. The number of nitrogens with zero attached hydrogens (tertiary/aromatic N) is 1. The SMILES string of the molecule is C[C@@H]1OC[C@H](N(C)C)c2ccccc21. The van der Waals surface area contributed by atoms with Crippen LogP contribution < -0.4 is 0 Å². The monoisotopic (exact) mass is 191 g/mol. The summed E-state index contributed by atoms with van der Waals surface area (Å²) in [6.45, 7) is 2.91. The average Bonchev–Trinajstić information content (AvgIpc) is 2.18. The van der Waals surface area contributed by atoms with Crippen molar-refractivity contribution in [3.63, 3.8) is 0 Å². The van der Waals surface area contributed by atoms with Crippen LogP contribution in [0.4, 0.5) is 0 Å². The van der Waals surface area contributed by atoms with Crippen molar-refractivity contribution in [3.8, 4) is 0 Å². The van der Waals surface area contributed by atoms with E-state index in [0.29, 0.717) is 6.04 Å². The molecule has 1 aromatic rings.